The molecule has 0 aliphatic rings. The molecule has 0 amide bonds. The van der Waals surface area contributed by atoms with Crippen LogP contribution in [0.3, 0.4) is 0 Å². The summed E-state index contributed by atoms with van der Waals surface area (Å²) in [5.41, 5.74) is 2.77. The fourth-order valence-electron chi connectivity index (χ4n) is 1.82. The van der Waals surface area contributed by atoms with Gasteiger partial charge in [0.15, 0.2) is 5.82 Å². The number of halogens is 1. The van der Waals surface area contributed by atoms with Crippen LogP contribution in [-0.4, -0.2) is 29.8 Å². The number of hydrogen-bond acceptors (Lipinski definition) is 5. The average molecular weight is 290 g/mol. The average Bonchev–Trinajstić information content (AvgIpc) is 2.48. The maximum absolute atomic E-state index is 6.05. The molecule has 1 aromatic heterocycles. The molecule has 5 nitrogen and oxygen atoms in total. The van der Waals surface area contributed by atoms with Gasteiger partial charge in [-0.3, -0.25) is 4.98 Å². The standard InChI is InChI=1S/C14H16ClN5/c1-10(12-8-11(15)4-5-13(12)16-2)19-20(3)14-9-17-6-7-18-14/h4-9,16H,1-3H3/b19-10+. The lowest BCUT2D eigenvalue weighted by Crippen LogP contribution is -2.14. The predicted molar refractivity (Wildman–Crippen MR) is 83.6 cm³/mol. The molecule has 1 N–H and O–H groups in total. The Kier molecular flexibility index (Phi) is 4.53. The summed E-state index contributed by atoms with van der Waals surface area (Å²) >= 11 is 6.05. The number of hydrogen-bond donors (Lipinski definition) is 1. The molecule has 2 aromatic rings. The Morgan fingerprint density at radius 2 is 2.15 bits per heavy atom. The van der Waals surface area contributed by atoms with Crippen LogP contribution < -0.4 is 10.3 Å². The Morgan fingerprint density at radius 1 is 1.35 bits per heavy atom. The number of benzene rings is 1. The van der Waals surface area contributed by atoms with Crippen molar-refractivity contribution in [3.63, 3.8) is 0 Å². The highest BCUT2D eigenvalue weighted by molar-refractivity contribution is 6.31. The Balaban J connectivity index is 2.33. The van der Waals surface area contributed by atoms with Gasteiger partial charge in [0.25, 0.3) is 0 Å². The molecule has 0 bridgehead atoms. The van der Waals surface area contributed by atoms with Crippen LogP contribution in [0.15, 0.2) is 41.9 Å². The Hall–Kier alpha value is -2.14. The van der Waals surface area contributed by atoms with E-state index in [9.17, 15) is 0 Å². The second-order valence-corrected chi connectivity index (χ2v) is 4.65. The molecule has 0 spiro atoms. The maximum Gasteiger partial charge on any atom is 0.167 e. The zero-order chi connectivity index (χ0) is 14.5. The fraction of sp³-hybridized carbons (Fsp3) is 0.214. The zero-order valence-corrected chi connectivity index (χ0v) is 12.4. The lowest BCUT2D eigenvalue weighted by molar-refractivity contribution is 0.961. The van der Waals surface area contributed by atoms with Gasteiger partial charge in [-0.2, -0.15) is 5.10 Å². The van der Waals surface area contributed by atoms with Crippen LogP contribution in [0.1, 0.15) is 12.5 Å². The summed E-state index contributed by atoms with van der Waals surface area (Å²) in [7, 11) is 3.70. The highest BCUT2D eigenvalue weighted by Gasteiger charge is 2.08. The molecule has 0 aliphatic heterocycles. The van der Waals surface area contributed by atoms with Crippen molar-refractivity contribution in [2.75, 3.05) is 24.4 Å². The van der Waals surface area contributed by atoms with E-state index in [0.29, 0.717) is 10.8 Å². The second kappa shape index (κ2) is 6.34. The van der Waals surface area contributed by atoms with Crippen LogP contribution in [0.4, 0.5) is 11.5 Å². The molecule has 0 fully saturated rings. The molecule has 0 atom stereocenters. The minimum atomic E-state index is 0.677. The van der Waals surface area contributed by atoms with Crippen LogP contribution >= 0.6 is 11.6 Å². The minimum absolute atomic E-state index is 0.677. The SMILES string of the molecule is CNc1ccc(Cl)cc1/C(C)=N/N(C)c1cnccn1. The molecule has 104 valence electrons. The fourth-order valence-corrected chi connectivity index (χ4v) is 1.99. The summed E-state index contributed by atoms with van der Waals surface area (Å²) in [4.78, 5) is 8.23. The quantitative estimate of drug-likeness (QED) is 0.694. The van der Waals surface area contributed by atoms with Crippen molar-refractivity contribution < 1.29 is 0 Å². The van der Waals surface area contributed by atoms with Crippen LogP contribution in [0.2, 0.25) is 5.02 Å². The van der Waals surface area contributed by atoms with Gasteiger partial charge in [0.05, 0.1) is 11.9 Å². The van der Waals surface area contributed by atoms with Gasteiger partial charge in [-0.05, 0) is 25.1 Å². The van der Waals surface area contributed by atoms with Crippen LogP contribution in [0, 0.1) is 0 Å². The van der Waals surface area contributed by atoms with E-state index in [1.807, 2.05) is 39.2 Å². The summed E-state index contributed by atoms with van der Waals surface area (Å²) < 4.78 is 0. The van der Waals surface area contributed by atoms with E-state index < -0.39 is 0 Å². The maximum atomic E-state index is 6.05. The minimum Gasteiger partial charge on any atom is -0.388 e. The van der Waals surface area contributed by atoms with Gasteiger partial charge in [-0.1, -0.05) is 11.6 Å². The summed E-state index contributed by atoms with van der Waals surface area (Å²) in [5.74, 6) is 0.680. The molecule has 0 saturated carbocycles. The molecule has 1 aromatic carbocycles. The smallest absolute Gasteiger partial charge is 0.167 e. The van der Waals surface area contributed by atoms with Gasteiger partial charge in [0.1, 0.15) is 0 Å². The molecule has 20 heavy (non-hydrogen) atoms. The number of anilines is 2. The van der Waals surface area contributed by atoms with Crippen molar-refractivity contribution >= 4 is 28.8 Å². The van der Waals surface area contributed by atoms with Gasteiger partial charge < -0.3 is 5.32 Å². The van der Waals surface area contributed by atoms with Gasteiger partial charge in [0.2, 0.25) is 0 Å². The second-order valence-electron chi connectivity index (χ2n) is 4.21. The molecule has 0 radical (unpaired) electrons. The van der Waals surface area contributed by atoms with Crippen LogP contribution in [0.5, 0.6) is 0 Å². The van der Waals surface area contributed by atoms with Crippen LogP contribution in [-0.2, 0) is 0 Å². The third-order valence-corrected chi connectivity index (χ3v) is 3.06. The summed E-state index contributed by atoms with van der Waals surface area (Å²) in [6.07, 6.45) is 4.92. The number of rotatable bonds is 4. The van der Waals surface area contributed by atoms with E-state index in [1.165, 1.54) is 0 Å². The summed E-state index contributed by atoms with van der Waals surface area (Å²) in [6.45, 7) is 1.93. The molecule has 0 unspecified atom stereocenters. The number of nitrogens with zero attached hydrogens (tertiary/aromatic N) is 4. The molecule has 1 heterocycles. The van der Waals surface area contributed by atoms with E-state index >= 15 is 0 Å². The summed E-state index contributed by atoms with van der Waals surface area (Å²) in [6, 6.07) is 5.66. The van der Waals surface area contributed by atoms with E-state index in [1.54, 1.807) is 23.6 Å². The third kappa shape index (κ3) is 3.24. The van der Waals surface area contributed by atoms with Gasteiger partial charge in [-0.25, -0.2) is 9.99 Å². The Bertz CT molecular complexity index is 612. The van der Waals surface area contributed by atoms with Crippen molar-refractivity contribution in [1.82, 2.24) is 9.97 Å². The molecule has 6 heteroatoms. The lowest BCUT2D eigenvalue weighted by atomic mass is 10.1. The monoisotopic (exact) mass is 289 g/mol. The van der Waals surface area contributed by atoms with Crippen molar-refractivity contribution in [3.05, 3.63) is 47.4 Å². The predicted octanol–water partition coefficient (Wildman–Crippen LogP) is 3.03. The van der Waals surface area contributed by atoms with Crippen molar-refractivity contribution in [2.24, 2.45) is 5.10 Å². The topological polar surface area (TPSA) is 53.4 Å². The van der Waals surface area contributed by atoms with E-state index in [4.69, 9.17) is 11.6 Å². The number of nitrogens with one attached hydrogen (secondary N) is 1. The van der Waals surface area contributed by atoms with Gasteiger partial charge >= 0.3 is 0 Å². The normalized spacial score (nSPS) is 11.3. The molecule has 2 rings (SSSR count). The first-order valence-corrected chi connectivity index (χ1v) is 6.52. The number of hydrazone groups is 1. The lowest BCUT2D eigenvalue weighted by Gasteiger charge is -2.14. The Morgan fingerprint density at radius 3 is 2.80 bits per heavy atom. The third-order valence-electron chi connectivity index (χ3n) is 2.82. The highest BCUT2D eigenvalue weighted by Crippen LogP contribution is 2.21. The first kappa shape index (κ1) is 14.3. The molecular weight excluding hydrogens is 274 g/mol. The zero-order valence-electron chi connectivity index (χ0n) is 11.6. The number of aromatic nitrogens is 2. The van der Waals surface area contributed by atoms with Crippen molar-refractivity contribution in [3.8, 4) is 0 Å². The molecule has 0 aliphatic carbocycles. The van der Waals surface area contributed by atoms with Gasteiger partial charge in [-0.15, -0.1) is 0 Å². The first-order valence-electron chi connectivity index (χ1n) is 6.14. The highest BCUT2D eigenvalue weighted by atomic mass is 35.5. The van der Waals surface area contributed by atoms with Crippen molar-refractivity contribution in [2.45, 2.75) is 6.92 Å². The first-order chi connectivity index (χ1) is 9.61. The van der Waals surface area contributed by atoms with Gasteiger partial charge in [0, 0.05) is 42.8 Å². The molecule has 0 saturated heterocycles. The van der Waals surface area contributed by atoms with E-state index in [-0.39, 0.29) is 0 Å². The molecular formula is C14H16ClN5. The Labute approximate surface area is 123 Å². The van der Waals surface area contributed by atoms with Crippen LogP contribution in [0.25, 0.3) is 0 Å². The van der Waals surface area contributed by atoms with Crippen molar-refractivity contribution in [1.29, 1.82) is 0 Å². The summed E-state index contributed by atoms with van der Waals surface area (Å²) in [5, 5.41) is 10.0. The van der Waals surface area contributed by atoms with E-state index in [0.717, 1.165) is 17.0 Å². The van der Waals surface area contributed by atoms with E-state index in [2.05, 4.69) is 20.4 Å². The largest absolute Gasteiger partial charge is 0.388 e.